The highest BCUT2D eigenvalue weighted by atomic mass is 16.5. The minimum absolute atomic E-state index is 0.0224. The Morgan fingerprint density at radius 2 is 1.78 bits per heavy atom. The third-order valence-electron chi connectivity index (χ3n) is 4.08. The maximum Gasteiger partial charge on any atom is 0.342 e. The molecule has 1 atom stereocenters. The molecule has 3 aromatic rings. The quantitative estimate of drug-likeness (QED) is 0.693. The van der Waals surface area contributed by atoms with Crippen molar-refractivity contribution in [2.75, 3.05) is 5.32 Å². The van der Waals surface area contributed by atoms with Gasteiger partial charge in [-0.05, 0) is 30.5 Å². The molecule has 0 heterocycles. The van der Waals surface area contributed by atoms with Crippen LogP contribution in [0.2, 0.25) is 0 Å². The average Bonchev–Trinajstić information content (AvgIpc) is 2.68. The summed E-state index contributed by atoms with van der Waals surface area (Å²) in [6.45, 7) is 1.42. The van der Waals surface area contributed by atoms with Crippen molar-refractivity contribution in [3.05, 3.63) is 71.8 Å². The number of amides is 1. The first-order valence-electron chi connectivity index (χ1n) is 8.23. The largest absolute Gasteiger partial charge is 0.506 e. The van der Waals surface area contributed by atoms with Gasteiger partial charge in [0.05, 0.1) is 11.3 Å². The Balaban J connectivity index is 1.75. The van der Waals surface area contributed by atoms with Gasteiger partial charge in [0.1, 0.15) is 17.4 Å². The van der Waals surface area contributed by atoms with Crippen LogP contribution in [0, 0.1) is 11.3 Å². The first-order valence-corrected chi connectivity index (χ1v) is 8.23. The zero-order chi connectivity index (χ0) is 19.4. The van der Waals surface area contributed by atoms with Crippen molar-refractivity contribution >= 4 is 28.3 Å². The molecule has 0 bridgehead atoms. The summed E-state index contributed by atoms with van der Waals surface area (Å²) in [5, 5.41) is 23.3. The summed E-state index contributed by atoms with van der Waals surface area (Å²) in [5.41, 5.74) is 0.615. The van der Waals surface area contributed by atoms with Crippen molar-refractivity contribution in [3.63, 3.8) is 0 Å². The van der Waals surface area contributed by atoms with Gasteiger partial charge in [0.25, 0.3) is 5.91 Å². The van der Waals surface area contributed by atoms with Crippen LogP contribution in [-0.2, 0) is 9.53 Å². The maximum atomic E-state index is 12.4. The molecular formula is C21H16N2O4. The number of carbonyl (C=O) groups excluding carboxylic acids is 2. The van der Waals surface area contributed by atoms with Crippen molar-refractivity contribution in [2.45, 2.75) is 13.0 Å². The van der Waals surface area contributed by atoms with E-state index in [0.717, 1.165) is 5.39 Å². The topological polar surface area (TPSA) is 99.4 Å². The van der Waals surface area contributed by atoms with Crippen LogP contribution in [-0.4, -0.2) is 23.1 Å². The van der Waals surface area contributed by atoms with Crippen LogP contribution in [0.15, 0.2) is 60.7 Å². The van der Waals surface area contributed by atoms with Gasteiger partial charge >= 0.3 is 5.97 Å². The van der Waals surface area contributed by atoms with Crippen molar-refractivity contribution in [1.82, 2.24) is 0 Å². The number of benzene rings is 3. The van der Waals surface area contributed by atoms with Gasteiger partial charge < -0.3 is 15.2 Å². The molecule has 27 heavy (non-hydrogen) atoms. The number of hydrogen-bond donors (Lipinski definition) is 2. The lowest BCUT2D eigenvalue weighted by Crippen LogP contribution is -2.30. The monoisotopic (exact) mass is 360 g/mol. The molecule has 2 N–H and O–H groups in total. The van der Waals surface area contributed by atoms with Gasteiger partial charge in [-0.25, -0.2) is 4.79 Å². The van der Waals surface area contributed by atoms with Crippen LogP contribution >= 0.6 is 0 Å². The summed E-state index contributed by atoms with van der Waals surface area (Å²) in [7, 11) is 0. The third-order valence-corrected chi connectivity index (χ3v) is 4.08. The van der Waals surface area contributed by atoms with Crippen LogP contribution in [0.4, 0.5) is 5.69 Å². The smallest absolute Gasteiger partial charge is 0.342 e. The van der Waals surface area contributed by atoms with Crippen LogP contribution in [0.1, 0.15) is 22.8 Å². The molecule has 0 aliphatic heterocycles. The number of nitrogens with one attached hydrogen (secondary N) is 1. The zero-order valence-corrected chi connectivity index (χ0v) is 14.5. The molecule has 0 radical (unpaired) electrons. The first-order chi connectivity index (χ1) is 13.0. The number of nitrogens with zero attached hydrogens (tertiary/aromatic N) is 1. The number of hydrogen-bond acceptors (Lipinski definition) is 5. The molecule has 0 saturated carbocycles. The van der Waals surface area contributed by atoms with Crippen molar-refractivity contribution in [1.29, 1.82) is 5.26 Å². The van der Waals surface area contributed by atoms with Crippen molar-refractivity contribution in [2.24, 2.45) is 0 Å². The Morgan fingerprint density at radius 1 is 1.07 bits per heavy atom. The molecule has 0 aliphatic rings. The first kappa shape index (κ1) is 18.0. The van der Waals surface area contributed by atoms with Gasteiger partial charge in [0, 0.05) is 5.39 Å². The van der Waals surface area contributed by atoms with Crippen molar-refractivity contribution in [3.8, 4) is 11.8 Å². The molecule has 0 fully saturated rings. The van der Waals surface area contributed by atoms with Crippen LogP contribution < -0.4 is 5.32 Å². The summed E-state index contributed by atoms with van der Waals surface area (Å²) in [5.74, 6) is -1.58. The van der Waals surface area contributed by atoms with Crippen molar-refractivity contribution < 1.29 is 19.4 Å². The fraction of sp³-hybridized carbons (Fsp3) is 0.0952. The van der Waals surface area contributed by atoms with E-state index in [9.17, 15) is 14.7 Å². The van der Waals surface area contributed by atoms with Gasteiger partial charge in [-0.2, -0.15) is 5.26 Å². The number of fused-ring (bicyclic) bond motifs is 1. The highest BCUT2D eigenvalue weighted by molar-refractivity contribution is 6.03. The Morgan fingerprint density at radius 3 is 2.56 bits per heavy atom. The second kappa shape index (κ2) is 7.58. The Kier molecular flexibility index (Phi) is 5.04. The molecule has 6 heteroatoms. The molecule has 3 aromatic carbocycles. The zero-order valence-electron chi connectivity index (χ0n) is 14.5. The fourth-order valence-corrected chi connectivity index (χ4v) is 2.62. The highest BCUT2D eigenvalue weighted by Crippen LogP contribution is 2.29. The number of carbonyl (C=O) groups is 2. The van der Waals surface area contributed by atoms with Crippen LogP contribution in [0.25, 0.3) is 10.8 Å². The Hall–Kier alpha value is -3.85. The molecule has 0 spiro atoms. The van der Waals surface area contributed by atoms with E-state index in [0.29, 0.717) is 16.6 Å². The highest BCUT2D eigenvalue weighted by Gasteiger charge is 2.22. The lowest BCUT2D eigenvalue weighted by Gasteiger charge is -2.15. The standard InChI is InChI=1S/C21H16N2O4/c1-13(20(25)23-18-9-5-3-7-15(18)12-22)27-21(26)17-11-10-14-6-2-4-8-16(14)19(17)24/h2-11,13,24H,1H3,(H,23,25)/t13-/m0/s1. The minimum atomic E-state index is -1.12. The lowest BCUT2D eigenvalue weighted by atomic mass is 10.1. The second-order valence-corrected chi connectivity index (χ2v) is 5.88. The van der Waals surface area contributed by atoms with E-state index in [-0.39, 0.29) is 11.3 Å². The lowest BCUT2D eigenvalue weighted by molar-refractivity contribution is -0.123. The fourth-order valence-electron chi connectivity index (χ4n) is 2.62. The minimum Gasteiger partial charge on any atom is -0.506 e. The van der Waals surface area contributed by atoms with E-state index < -0.39 is 18.0 Å². The molecule has 3 rings (SSSR count). The third kappa shape index (κ3) is 3.72. The summed E-state index contributed by atoms with van der Waals surface area (Å²) in [6, 6.07) is 18.7. The van der Waals surface area contributed by atoms with E-state index in [1.165, 1.54) is 13.0 Å². The molecule has 1 amide bonds. The predicted octanol–water partition coefficient (Wildman–Crippen LogP) is 3.60. The summed E-state index contributed by atoms with van der Waals surface area (Å²) < 4.78 is 5.18. The average molecular weight is 360 g/mol. The van der Waals surface area contributed by atoms with E-state index in [1.54, 1.807) is 42.5 Å². The number of anilines is 1. The second-order valence-electron chi connectivity index (χ2n) is 5.88. The number of para-hydroxylation sites is 1. The number of esters is 1. The van der Waals surface area contributed by atoms with E-state index >= 15 is 0 Å². The summed E-state index contributed by atoms with van der Waals surface area (Å²) in [6.07, 6.45) is -1.12. The summed E-state index contributed by atoms with van der Waals surface area (Å²) in [4.78, 5) is 24.7. The molecule has 0 aliphatic carbocycles. The predicted molar refractivity (Wildman–Crippen MR) is 100 cm³/mol. The molecule has 0 unspecified atom stereocenters. The maximum absolute atomic E-state index is 12.4. The molecule has 134 valence electrons. The molecule has 0 aromatic heterocycles. The Labute approximate surface area is 155 Å². The molecule has 6 nitrogen and oxygen atoms in total. The number of rotatable bonds is 4. The van der Waals surface area contributed by atoms with Gasteiger partial charge in [-0.1, -0.05) is 42.5 Å². The number of phenolic OH excluding ortho intramolecular Hbond substituents is 1. The van der Waals surface area contributed by atoms with E-state index in [4.69, 9.17) is 10.00 Å². The SMILES string of the molecule is C[C@H](OC(=O)c1ccc2ccccc2c1O)C(=O)Nc1ccccc1C#N. The normalized spacial score (nSPS) is 11.4. The van der Waals surface area contributed by atoms with E-state index in [2.05, 4.69) is 5.32 Å². The van der Waals surface area contributed by atoms with Gasteiger partial charge in [-0.15, -0.1) is 0 Å². The molecular weight excluding hydrogens is 344 g/mol. The number of ether oxygens (including phenoxy) is 1. The number of aromatic hydroxyl groups is 1. The van der Waals surface area contributed by atoms with Crippen LogP contribution in [0.3, 0.4) is 0 Å². The Bertz CT molecular complexity index is 1070. The summed E-state index contributed by atoms with van der Waals surface area (Å²) >= 11 is 0. The number of nitriles is 1. The van der Waals surface area contributed by atoms with Gasteiger partial charge in [0.15, 0.2) is 6.10 Å². The van der Waals surface area contributed by atoms with Gasteiger partial charge in [-0.3, -0.25) is 4.79 Å². The number of phenols is 1. The molecule has 0 saturated heterocycles. The van der Waals surface area contributed by atoms with Gasteiger partial charge in [0.2, 0.25) is 0 Å². The van der Waals surface area contributed by atoms with E-state index in [1.807, 2.05) is 18.2 Å². The van der Waals surface area contributed by atoms with Crippen LogP contribution in [0.5, 0.6) is 5.75 Å².